The molecule has 3 rings (SSSR count). The maximum atomic E-state index is 12.1. The van der Waals surface area contributed by atoms with E-state index in [9.17, 15) is 9.90 Å². The molecule has 104 valence electrons. The number of aromatic nitrogens is 3. The molecule has 6 nitrogen and oxygen atoms in total. The third kappa shape index (κ3) is 2.36. The zero-order valence-corrected chi connectivity index (χ0v) is 11.2. The van der Waals surface area contributed by atoms with Crippen molar-refractivity contribution in [1.82, 2.24) is 19.9 Å². The molecule has 1 atom stereocenters. The van der Waals surface area contributed by atoms with Crippen molar-refractivity contribution in [3.8, 4) is 5.75 Å². The van der Waals surface area contributed by atoms with E-state index in [-0.39, 0.29) is 17.7 Å². The number of rotatable bonds is 2. The van der Waals surface area contributed by atoms with E-state index in [1.54, 1.807) is 30.3 Å². The molecule has 6 heteroatoms. The lowest BCUT2D eigenvalue weighted by atomic mass is 10.0. The predicted molar refractivity (Wildman–Crippen MR) is 72.0 cm³/mol. The summed E-state index contributed by atoms with van der Waals surface area (Å²) >= 11 is 0. The number of amides is 1. The van der Waals surface area contributed by atoms with Crippen LogP contribution in [0.5, 0.6) is 5.75 Å². The fourth-order valence-corrected chi connectivity index (χ4v) is 2.52. The molecule has 0 aliphatic carbocycles. The van der Waals surface area contributed by atoms with Crippen LogP contribution < -0.4 is 0 Å². The van der Waals surface area contributed by atoms with Gasteiger partial charge in [-0.2, -0.15) is 0 Å². The summed E-state index contributed by atoms with van der Waals surface area (Å²) in [6.45, 7) is 0.540. The molecule has 0 spiro atoms. The molecule has 2 heterocycles. The van der Waals surface area contributed by atoms with Crippen molar-refractivity contribution in [2.45, 2.75) is 25.4 Å². The zero-order valence-electron chi connectivity index (χ0n) is 11.2. The molecule has 0 saturated carbocycles. The number of nitrogens with zero attached hydrogens (tertiary/aromatic N) is 4. The highest BCUT2D eigenvalue weighted by Crippen LogP contribution is 2.24. The first-order valence-corrected chi connectivity index (χ1v) is 6.54. The molecule has 0 radical (unpaired) electrons. The van der Waals surface area contributed by atoms with E-state index in [2.05, 4.69) is 10.3 Å². The number of hydrogen-bond donors (Lipinski definition) is 1. The lowest BCUT2D eigenvalue weighted by Crippen LogP contribution is -2.25. The van der Waals surface area contributed by atoms with Gasteiger partial charge < -0.3 is 10.0 Å². The fraction of sp³-hybridized carbons (Fsp3) is 0.357. The van der Waals surface area contributed by atoms with Gasteiger partial charge in [-0.15, -0.1) is 5.10 Å². The molecular weight excluding hydrogens is 256 g/mol. The smallest absolute Gasteiger partial charge is 0.224 e. The molecule has 20 heavy (non-hydrogen) atoms. The summed E-state index contributed by atoms with van der Waals surface area (Å²) in [5.41, 5.74) is 2.01. The minimum Gasteiger partial charge on any atom is -0.508 e. The quantitative estimate of drug-likeness (QED) is 0.889. The number of phenols is 1. The minimum atomic E-state index is -0.0329. The maximum absolute atomic E-state index is 12.1. The van der Waals surface area contributed by atoms with Gasteiger partial charge in [-0.3, -0.25) is 4.79 Å². The van der Waals surface area contributed by atoms with Crippen molar-refractivity contribution in [1.29, 1.82) is 0 Å². The monoisotopic (exact) mass is 272 g/mol. The second kappa shape index (κ2) is 4.96. The van der Waals surface area contributed by atoms with E-state index >= 15 is 0 Å². The van der Waals surface area contributed by atoms with Gasteiger partial charge in [-0.1, -0.05) is 17.3 Å². The molecule has 1 aliphatic rings. The van der Waals surface area contributed by atoms with E-state index in [0.29, 0.717) is 19.4 Å². The summed E-state index contributed by atoms with van der Waals surface area (Å²) in [5, 5.41) is 17.4. The molecule has 1 aromatic carbocycles. The first-order valence-electron chi connectivity index (χ1n) is 6.54. The third-order valence-corrected chi connectivity index (χ3v) is 3.64. The van der Waals surface area contributed by atoms with Crippen molar-refractivity contribution in [3.63, 3.8) is 0 Å². The van der Waals surface area contributed by atoms with Crippen LogP contribution in [0.1, 0.15) is 23.7 Å². The Labute approximate surface area is 116 Å². The van der Waals surface area contributed by atoms with Gasteiger partial charge >= 0.3 is 0 Å². The number of carbonyl (C=O) groups excluding carboxylic acids is 1. The Bertz CT molecular complexity index is 620. The van der Waals surface area contributed by atoms with Gasteiger partial charge in [0.15, 0.2) is 0 Å². The summed E-state index contributed by atoms with van der Waals surface area (Å²) in [7, 11) is 1.79. The number of aromatic hydroxyl groups is 1. The van der Waals surface area contributed by atoms with Crippen LogP contribution in [0.25, 0.3) is 0 Å². The van der Waals surface area contributed by atoms with Crippen LogP contribution in [-0.4, -0.2) is 38.0 Å². The molecule has 1 unspecified atom stereocenters. The van der Waals surface area contributed by atoms with Crippen LogP contribution in [0, 0.1) is 0 Å². The normalized spacial score (nSPS) is 18.8. The Morgan fingerprint density at radius 2 is 2.10 bits per heavy atom. The Kier molecular flexibility index (Phi) is 3.14. The first kappa shape index (κ1) is 12.7. The van der Waals surface area contributed by atoms with Crippen LogP contribution in [0.3, 0.4) is 0 Å². The summed E-state index contributed by atoms with van der Waals surface area (Å²) in [4.78, 5) is 13.8. The van der Waals surface area contributed by atoms with Crippen LogP contribution in [0.15, 0.2) is 30.5 Å². The number of phenolic OH excluding ortho intramolecular Hbond substituents is 1. The van der Waals surface area contributed by atoms with Crippen LogP contribution in [0.2, 0.25) is 0 Å². The molecule has 0 fully saturated rings. The molecule has 1 aliphatic heterocycles. The highest BCUT2D eigenvalue weighted by molar-refractivity contribution is 5.76. The van der Waals surface area contributed by atoms with Crippen LogP contribution in [0.4, 0.5) is 0 Å². The Balaban J connectivity index is 1.88. The number of hydrogen-bond acceptors (Lipinski definition) is 4. The first-order chi connectivity index (χ1) is 9.63. The molecule has 1 amide bonds. The minimum absolute atomic E-state index is 0.0329. The largest absolute Gasteiger partial charge is 0.508 e. The molecule has 2 aromatic rings. The second-order valence-corrected chi connectivity index (χ2v) is 5.15. The fourth-order valence-electron chi connectivity index (χ4n) is 2.52. The number of fused-ring (bicyclic) bond motifs is 1. The molecule has 1 aromatic heterocycles. The van der Waals surface area contributed by atoms with E-state index in [4.69, 9.17) is 0 Å². The SMILES string of the molecule is CN1Cc2cnnn2C(Cc2ccc(O)cc2)CC1=O. The molecule has 0 bridgehead atoms. The van der Waals surface area contributed by atoms with Crippen LogP contribution >= 0.6 is 0 Å². The standard InChI is InChI=1S/C14H16N4O2/c1-17-9-12-8-15-16-18(12)11(7-14(17)20)6-10-2-4-13(19)5-3-10/h2-5,8,11,19H,6-7,9H2,1H3. The van der Waals surface area contributed by atoms with Crippen molar-refractivity contribution in [3.05, 3.63) is 41.7 Å². The van der Waals surface area contributed by atoms with Gasteiger partial charge in [0, 0.05) is 13.5 Å². The zero-order chi connectivity index (χ0) is 14.1. The van der Waals surface area contributed by atoms with E-state index in [0.717, 1.165) is 11.3 Å². The van der Waals surface area contributed by atoms with Gasteiger partial charge in [0.05, 0.1) is 24.5 Å². The van der Waals surface area contributed by atoms with Crippen LogP contribution in [-0.2, 0) is 17.8 Å². The van der Waals surface area contributed by atoms with Crippen molar-refractivity contribution in [2.24, 2.45) is 0 Å². The summed E-state index contributed by atoms with van der Waals surface area (Å²) < 4.78 is 1.84. The van der Waals surface area contributed by atoms with E-state index in [1.807, 2.05) is 16.8 Å². The van der Waals surface area contributed by atoms with E-state index in [1.165, 1.54) is 0 Å². The summed E-state index contributed by atoms with van der Waals surface area (Å²) in [6, 6.07) is 7.01. The Morgan fingerprint density at radius 3 is 2.85 bits per heavy atom. The molecule has 1 N–H and O–H groups in total. The second-order valence-electron chi connectivity index (χ2n) is 5.15. The van der Waals surface area contributed by atoms with Gasteiger partial charge in [-0.25, -0.2) is 4.68 Å². The lowest BCUT2D eigenvalue weighted by molar-refractivity contribution is -0.130. The number of benzene rings is 1. The molecular formula is C14H16N4O2. The maximum Gasteiger partial charge on any atom is 0.224 e. The predicted octanol–water partition coefficient (Wildman–Crippen LogP) is 1.13. The van der Waals surface area contributed by atoms with Gasteiger partial charge in [0.25, 0.3) is 0 Å². The third-order valence-electron chi connectivity index (χ3n) is 3.64. The average Bonchev–Trinajstić information content (AvgIpc) is 2.84. The highest BCUT2D eigenvalue weighted by Gasteiger charge is 2.26. The lowest BCUT2D eigenvalue weighted by Gasteiger charge is -2.16. The Hall–Kier alpha value is -2.37. The summed E-state index contributed by atoms with van der Waals surface area (Å²) in [5.74, 6) is 0.353. The van der Waals surface area contributed by atoms with Gasteiger partial charge in [0.2, 0.25) is 5.91 Å². The summed E-state index contributed by atoms with van der Waals surface area (Å²) in [6.07, 6.45) is 2.81. The number of carbonyl (C=O) groups is 1. The topological polar surface area (TPSA) is 71.2 Å². The van der Waals surface area contributed by atoms with Gasteiger partial charge in [-0.05, 0) is 24.1 Å². The highest BCUT2D eigenvalue weighted by atomic mass is 16.3. The van der Waals surface area contributed by atoms with Gasteiger partial charge in [0.1, 0.15) is 5.75 Å². The Morgan fingerprint density at radius 1 is 1.35 bits per heavy atom. The van der Waals surface area contributed by atoms with Crippen molar-refractivity contribution in [2.75, 3.05) is 7.05 Å². The van der Waals surface area contributed by atoms with E-state index < -0.39 is 0 Å². The van der Waals surface area contributed by atoms with Crippen molar-refractivity contribution >= 4 is 5.91 Å². The molecule has 0 saturated heterocycles. The van der Waals surface area contributed by atoms with Crippen molar-refractivity contribution < 1.29 is 9.90 Å². The average molecular weight is 272 g/mol.